The fourth-order valence-corrected chi connectivity index (χ4v) is 10.2. The van der Waals surface area contributed by atoms with Gasteiger partial charge in [0.2, 0.25) is 0 Å². The molecule has 0 radical (unpaired) electrons. The number of nitrogens with zero attached hydrogens (tertiary/aromatic N) is 1. The maximum atomic E-state index is 6.77. The van der Waals surface area contributed by atoms with Crippen LogP contribution in [0.25, 0.3) is 85.9 Å². The third-order valence-electron chi connectivity index (χ3n) is 11.6. The van der Waals surface area contributed by atoms with Crippen LogP contribution in [0.15, 0.2) is 160 Å². The van der Waals surface area contributed by atoms with Gasteiger partial charge in [-0.2, -0.15) is 0 Å². The summed E-state index contributed by atoms with van der Waals surface area (Å²) in [5, 5.41) is 9.39. The number of furan rings is 2. The number of hydrogen-bond donors (Lipinski definition) is 0. The molecule has 11 aromatic rings. The van der Waals surface area contributed by atoms with E-state index in [2.05, 4.69) is 158 Å². The van der Waals surface area contributed by atoms with E-state index in [9.17, 15) is 0 Å². The fraction of sp³-hybridized carbons (Fsp3) is 0.0612. The van der Waals surface area contributed by atoms with Crippen LogP contribution in [0.4, 0.5) is 17.1 Å². The van der Waals surface area contributed by atoms with Crippen molar-refractivity contribution in [2.75, 3.05) is 4.90 Å². The summed E-state index contributed by atoms with van der Waals surface area (Å²) >= 11 is 1.82. The monoisotopic (exact) mass is 697 g/mol. The van der Waals surface area contributed by atoms with Crippen LogP contribution in [0.1, 0.15) is 25.0 Å². The molecule has 0 spiro atoms. The molecule has 0 aliphatic heterocycles. The highest BCUT2D eigenvalue weighted by atomic mass is 32.1. The molecule has 0 saturated heterocycles. The first kappa shape index (κ1) is 29.2. The first-order valence-corrected chi connectivity index (χ1v) is 19.0. The fourth-order valence-electron chi connectivity index (χ4n) is 9.12. The maximum absolute atomic E-state index is 6.77. The van der Waals surface area contributed by atoms with Crippen molar-refractivity contribution in [2.45, 2.75) is 19.3 Å². The molecular formula is C49H31NO2S. The van der Waals surface area contributed by atoms with Crippen LogP contribution in [0.2, 0.25) is 0 Å². The van der Waals surface area contributed by atoms with E-state index in [0.29, 0.717) is 0 Å². The molecule has 53 heavy (non-hydrogen) atoms. The normalized spacial score (nSPS) is 13.6. The van der Waals surface area contributed by atoms with E-state index >= 15 is 0 Å². The number of thiophene rings is 1. The van der Waals surface area contributed by atoms with Gasteiger partial charge in [0.05, 0.1) is 0 Å². The summed E-state index contributed by atoms with van der Waals surface area (Å²) < 4.78 is 15.7. The summed E-state index contributed by atoms with van der Waals surface area (Å²) in [6.45, 7) is 4.69. The van der Waals surface area contributed by atoms with E-state index < -0.39 is 0 Å². The van der Waals surface area contributed by atoms with Crippen LogP contribution in [0.5, 0.6) is 0 Å². The Morgan fingerprint density at radius 1 is 0.453 bits per heavy atom. The summed E-state index contributed by atoms with van der Waals surface area (Å²) in [5.41, 5.74) is 12.1. The van der Waals surface area contributed by atoms with E-state index in [-0.39, 0.29) is 5.41 Å². The molecule has 1 aliphatic carbocycles. The number of para-hydroxylation sites is 1. The van der Waals surface area contributed by atoms with Crippen LogP contribution in [-0.4, -0.2) is 0 Å². The SMILES string of the molecule is CC1(C)c2ccccc2-c2ccc(N(c3ccc4c(c3)oc3ccccc34)c3ccc4sc5ccc6c(oc7ccc8ccccc8c76)c5c4c3)cc21. The second-order valence-electron chi connectivity index (χ2n) is 14.9. The Bertz CT molecular complexity index is 3340. The largest absolute Gasteiger partial charge is 0.456 e. The van der Waals surface area contributed by atoms with Crippen molar-refractivity contribution in [1.29, 1.82) is 0 Å². The molecule has 3 aromatic heterocycles. The first-order valence-electron chi connectivity index (χ1n) is 18.2. The molecular weight excluding hydrogens is 667 g/mol. The third kappa shape index (κ3) is 3.99. The molecule has 0 saturated carbocycles. The molecule has 3 nitrogen and oxygen atoms in total. The van der Waals surface area contributed by atoms with Crippen molar-refractivity contribution in [3.63, 3.8) is 0 Å². The first-order chi connectivity index (χ1) is 26.0. The van der Waals surface area contributed by atoms with Gasteiger partial charge in [0.15, 0.2) is 0 Å². The summed E-state index contributed by atoms with van der Waals surface area (Å²) in [5.74, 6) is 0. The number of fused-ring (bicyclic) bond motifs is 15. The lowest BCUT2D eigenvalue weighted by atomic mass is 9.82. The molecule has 0 atom stereocenters. The number of hydrogen-bond acceptors (Lipinski definition) is 4. The molecule has 0 N–H and O–H groups in total. The van der Waals surface area contributed by atoms with Crippen molar-refractivity contribution in [1.82, 2.24) is 0 Å². The number of anilines is 3. The molecule has 0 bridgehead atoms. The maximum Gasteiger partial charge on any atom is 0.144 e. The molecule has 250 valence electrons. The van der Waals surface area contributed by atoms with Gasteiger partial charge in [-0.1, -0.05) is 92.7 Å². The van der Waals surface area contributed by atoms with Gasteiger partial charge in [-0.3, -0.25) is 0 Å². The number of rotatable bonds is 3. The van der Waals surface area contributed by atoms with Crippen molar-refractivity contribution < 1.29 is 8.83 Å². The average molecular weight is 698 g/mol. The summed E-state index contributed by atoms with van der Waals surface area (Å²) in [7, 11) is 0. The topological polar surface area (TPSA) is 29.5 Å². The lowest BCUT2D eigenvalue weighted by molar-refractivity contribution is 0.660. The van der Waals surface area contributed by atoms with Crippen molar-refractivity contribution >= 4 is 103 Å². The Balaban J connectivity index is 1.11. The predicted octanol–water partition coefficient (Wildman–Crippen LogP) is 14.8. The quantitative estimate of drug-likeness (QED) is 0.184. The van der Waals surface area contributed by atoms with E-state index in [1.165, 1.54) is 58.6 Å². The van der Waals surface area contributed by atoms with Gasteiger partial charge in [-0.15, -0.1) is 11.3 Å². The summed E-state index contributed by atoms with van der Waals surface area (Å²) in [4.78, 5) is 2.39. The Labute approximate surface area is 308 Å². The van der Waals surface area contributed by atoms with Gasteiger partial charge in [0.25, 0.3) is 0 Å². The zero-order valence-electron chi connectivity index (χ0n) is 29.1. The molecule has 12 rings (SSSR count). The predicted molar refractivity (Wildman–Crippen MR) is 224 cm³/mol. The van der Waals surface area contributed by atoms with Crippen LogP contribution in [-0.2, 0) is 5.41 Å². The average Bonchev–Trinajstić information content (AvgIpc) is 3.93. The Hall–Kier alpha value is -6.36. The summed E-state index contributed by atoms with van der Waals surface area (Å²) in [6, 6.07) is 55.0. The van der Waals surface area contributed by atoms with Crippen LogP contribution in [0.3, 0.4) is 0 Å². The van der Waals surface area contributed by atoms with Crippen molar-refractivity contribution in [2.24, 2.45) is 0 Å². The Morgan fingerprint density at radius 3 is 2.09 bits per heavy atom. The molecule has 0 fully saturated rings. The van der Waals surface area contributed by atoms with Gasteiger partial charge >= 0.3 is 0 Å². The highest BCUT2D eigenvalue weighted by Gasteiger charge is 2.36. The summed E-state index contributed by atoms with van der Waals surface area (Å²) in [6.07, 6.45) is 0. The molecule has 3 heterocycles. The van der Waals surface area contributed by atoms with Gasteiger partial charge in [-0.25, -0.2) is 0 Å². The smallest absolute Gasteiger partial charge is 0.144 e. The van der Waals surface area contributed by atoms with E-state index in [1.54, 1.807) is 0 Å². The van der Waals surface area contributed by atoms with Gasteiger partial charge in [-0.05, 0) is 99.8 Å². The molecule has 4 heteroatoms. The molecule has 0 unspecified atom stereocenters. The van der Waals surface area contributed by atoms with Crippen molar-refractivity contribution in [3.05, 3.63) is 163 Å². The standard InChI is InChI=1S/C49H31NO2S/c1-49(2)39-13-7-5-11-33(39)34-19-16-30(26-40(34)49)50(31-17-20-36-35-12-6-8-14-41(35)51-43(36)27-31)29-18-23-44-38(25-29)47-45(53-44)24-21-37-46-32-10-4-3-9-28(32)15-22-42(46)52-48(37)47/h3-27H,1-2H3. The van der Waals surface area contributed by atoms with Gasteiger partial charge < -0.3 is 13.7 Å². The van der Waals surface area contributed by atoms with E-state index in [4.69, 9.17) is 8.83 Å². The minimum atomic E-state index is -0.124. The molecule has 8 aromatic carbocycles. The zero-order chi connectivity index (χ0) is 35.0. The highest BCUT2D eigenvalue weighted by Crippen LogP contribution is 2.51. The van der Waals surface area contributed by atoms with E-state index in [0.717, 1.165) is 55.6 Å². The van der Waals surface area contributed by atoms with E-state index in [1.807, 2.05) is 23.5 Å². The third-order valence-corrected chi connectivity index (χ3v) is 12.8. The zero-order valence-corrected chi connectivity index (χ0v) is 29.9. The van der Waals surface area contributed by atoms with Crippen LogP contribution < -0.4 is 4.90 Å². The second-order valence-corrected chi connectivity index (χ2v) is 16.0. The second kappa shape index (κ2) is 10.4. The highest BCUT2D eigenvalue weighted by molar-refractivity contribution is 7.26. The lowest BCUT2D eigenvalue weighted by Gasteiger charge is -2.28. The minimum Gasteiger partial charge on any atom is -0.456 e. The van der Waals surface area contributed by atoms with Crippen LogP contribution in [0, 0.1) is 0 Å². The van der Waals surface area contributed by atoms with Gasteiger partial charge in [0.1, 0.15) is 22.3 Å². The molecule has 1 aliphatic rings. The lowest BCUT2D eigenvalue weighted by Crippen LogP contribution is -2.16. The Kier molecular flexibility index (Phi) is 5.72. The van der Waals surface area contributed by atoms with Crippen LogP contribution >= 0.6 is 11.3 Å². The molecule has 0 amide bonds. The minimum absolute atomic E-state index is 0.124. The Morgan fingerprint density at radius 2 is 1.15 bits per heavy atom. The number of benzene rings is 8. The van der Waals surface area contributed by atoms with Crippen molar-refractivity contribution in [3.8, 4) is 11.1 Å². The van der Waals surface area contributed by atoms with Gasteiger partial charge in [0, 0.05) is 70.3 Å².